The average molecular weight is 359 g/mol. The van der Waals surface area contributed by atoms with Gasteiger partial charge in [0.2, 0.25) is 11.8 Å². The zero-order valence-electron chi connectivity index (χ0n) is 13.9. The van der Waals surface area contributed by atoms with E-state index in [4.69, 9.17) is 0 Å². The number of aromatic nitrogens is 2. The Morgan fingerprint density at radius 3 is 2.60 bits per heavy atom. The highest BCUT2D eigenvalue weighted by atomic mass is 32.1. The molecule has 1 N–H and O–H groups in total. The minimum absolute atomic E-state index is 0.0947. The van der Waals surface area contributed by atoms with Crippen LogP contribution in [0.5, 0.6) is 0 Å². The molecule has 8 heteroatoms. The van der Waals surface area contributed by atoms with Crippen molar-refractivity contribution < 1.29 is 9.59 Å². The van der Waals surface area contributed by atoms with Crippen molar-refractivity contribution in [1.29, 1.82) is 0 Å². The number of nitrogens with one attached hydrogen (secondary N) is 1. The molecule has 0 aliphatic carbocycles. The smallest absolute Gasteiger partial charge is 0.226 e. The van der Waals surface area contributed by atoms with Gasteiger partial charge in [0.05, 0.1) is 0 Å². The van der Waals surface area contributed by atoms with E-state index in [1.165, 1.54) is 11.3 Å². The summed E-state index contributed by atoms with van der Waals surface area (Å²) in [4.78, 5) is 36.5. The fraction of sp³-hybridized carbons (Fsp3) is 0.412. The molecule has 0 spiro atoms. The molecular formula is C17H21N5O2S. The predicted octanol–water partition coefficient (Wildman–Crippen LogP) is 2.00. The maximum absolute atomic E-state index is 12.3. The molecule has 7 nitrogen and oxygen atoms in total. The second kappa shape index (κ2) is 8.57. The van der Waals surface area contributed by atoms with E-state index in [9.17, 15) is 9.59 Å². The zero-order valence-corrected chi connectivity index (χ0v) is 14.7. The number of hydrogen-bond acceptors (Lipinski definition) is 6. The summed E-state index contributed by atoms with van der Waals surface area (Å²) in [6, 6.07) is 5.85. The maximum atomic E-state index is 12.3. The number of thiazole rings is 1. The van der Waals surface area contributed by atoms with Gasteiger partial charge in [-0.3, -0.25) is 9.59 Å². The van der Waals surface area contributed by atoms with E-state index >= 15 is 0 Å². The van der Waals surface area contributed by atoms with Crippen LogP contribution in [0.4, 0.5) is 10.9 Å². The molecule has 1 aliphatic heterocycles. The minimum Gasteiger partial charge on any atom is -0.353 e. The lowest BCUT2D eigenvalue weighted by Crippen LogP contribution is -2.49. The van der Waals surface area contributed by atoms with E-state index in [0.29, 0.717) is 37.5 Å². The summed E-state index contributed by atoms with van der Waals surface area (Å²) in [7, 11) is 0. The van der Waals surface area contributed by atoms with Gasteiger partial charge in [-0.1, -0.05) is 6.07 Å². The number of hydrogen-bond donors (Lipinski definition) is 1. The topological polar surface area (TPSA) is 78.4 Å². The van der Waals surface area contributed by atoms with Crippen molar-refractivity contribution in [3.05, 3.63) is 36.0 Å². The van der Waals surface area contributed by atoms with Gasteiger partial charge in [-0.25, -0.2) is 9.97 Å². The average Bonchev–Trinajstić information content (AvgIpc) is 3.15. The number of carbonyl (C=O) groups is 2. The Balaban J connectivity index is 1.36. The van der Waals surface area contributed by atoms with E-state index in [0.717, 1.165) is 18.9 Å². The number of rotatable bonds is 6. The van der Waals surface area contributed by atoms with Gasteiger partial charge in [-0.2, -0.15) is 0 Å². The van der Waals surface area contributed by atoms with Crippen molar-refractivity contribution in [2.45, 2.75) is 19.3 Å². The molecule has 0 radical (unpaired) electrons. The summed E-state index contributed by atoms with van der Waals surface area (Å²) in [6.07, 6.45) is 4.71. The van der Waals surface area contributed by atoms with Crippen LogP contribution >= 0.6 is 11.3 Å². The van der Waals surface area contributed by atoms with Crippen LogP contribution in [0.25, 0.3) is 0 Å². The monoisotopic (exact) mass is 359 g/mol. The molecule has 25 heavy (non-hydrogen) atoms. The Hall–Kier alpha value is -2.48. The van der Waals surface area contributed by atoms with Gasteiger partial charge in [0.25, 0.3) is 0 Å². The van der Waals surface area contributed by atoms with Crippen LogP contribution in [-0.4, -0.2) is 52.9 Å². The molecule has 132 valence electrons. The van der Waals surface area contributed by atoms with Crippen LogP contribution in [-0.2, 0) is 9.59 Å². The lowest BCUT2D eigenvalue weighted by molar-refractivity contribution is -0.131. The molecule has 0 atom stereocenters. The maximum Gasteiger partial charge on any atom is 0.226 e. The van der Waals surface area contributed by atoms with Gasteiger partial charge < -0.3 is 15.1 Å². The molecule has 3 rings (SSSR count). The number of carbonyl (C=O) groups excluding carboxylic acids is 2. The van der Waals surface area contributed by atoms with E-state index < -0.39 is 0 Å². The first kappa shape index (κ1) is 17.3. The van der Waals surface area contributed by atoms with Gasteiger partial charge in [0.15, 0.2) is 5.13 Å². The van der Waals surface area contributed by atoms with Crippen molar-refractivity contribution in [2.75, 3.05) is 36.4 Å². The third-order valence-corrected chi connectivity index (χ3v) is 4.77. The summed E-state index contributed by atoms with van der Waals surface area (Å²) in [5.74, 6) is 0.971. The molecule has 0 aromatic carbocycles. The van der Waals surface area contributed by atoms with E-state index in [-0.39, 0.29) is 11.8 Å². The second-order valence-corrected chi connectivity index (χ2v) is 6.69. The molecule has 2 aromatic heterocycles. The quantitative estimate of drug-likeness (QED) is 0.853. The number of pyridine rings is 1. The fourth-order valence-electron chi connectivity index (χ4n) is 2.75. The lowest BCUT2D eigenvalue weighted by atomic mass is 10.2. The van der Waals surface area contributed by atoms with Crippen LogP contribution in [0.1, 0.15) is 19.3 Å². The third kappa shape index (κ3) is 4.99. The van der Waals surface area contributed by atoms with Gasteiger partial charge in [-0.05, 0) is 18.6 Å². The number of nitrogens with zero attached hydrogens (tertiary/aromatic N) is 4. The Bertz CT molecular complexity index is 684. The molecule has 3 heterocycles. The van der Waals surface area contributed by atoms with Crippen LogP contribution in [0.2, 0.25) is 0 Å². The number of piperazine rings is 1. The largest absolute Gasteiger partial charge is 0.353 e. The molecule has 1 saturated heterocycles. The highest BCUT2D eigenvalue weighted by Gasteiger charge is 2.21. The van der Waals surface area contributed by atoms with Gasteiger partial charge in [0.1, 0.15) is 5.82 Å². The van der Waals surface area contributed by atoms with Gasteiger partial charge >= 0.3 is 0 Å². The van der Waals surface area contributed by atoms with Gasteiger partial charge in [-0.15, -0.1) is 11.3 Å². The first-order chi connectivity index (χ1) is 12.2. The van der Waals surface area contributed by atoms with Crippen LogP contribution in [0.3, 0.4) is 0 Å². The SMILES string of the molecule is O=C(CCCC(=O)N1CCN(c2ccccn2)CC1)Nc1nccs1. The minimum atomic E-state index is -0.0947. The van der Waals surface area contributed by atoms with E-state index in [1.54, 1.807) is 12.4 Å². The summed E-state index contributed by atoms with van der Waals surface area (Å²) in [5, 5.41) is 5.14. The standard InChI is InChI=1S/C17H21N5O2S/c23-15(20-17-19-8-13-25-17)5-3-6-16(24)22-11-9-21(10-12-22)14-4-1-2-7-18-14/h1-2,4,7-8,13H,3,5-6,9-12H2,(H,19,20,23). The molecular weight excluding hydrogens is 338 g/mol. The third-order valence-electron chi connectivity index (χ3n) is 4.08. The van der Waals surface area contributed by atoms with Crippen LogP contribution in [0, 0.1) is 0 Å². The molecule has 0 saturated carbocycles. The summed E-state index contributed by atoms with van der Waals surface area (Å²) >= 11 is 1.38. The first-order valence-electron chi connectivity index (χ1n) is 8.35. The summed E-state index contributed by atoms with van der Waals surface area (Å²) < 4.78 is 0. The molecule has 1 aliphatic rings. The molecule has 0 bridgehead atoms. The van der Waals surface area contributed by atoms with Crippen molar-refractivity contribution in [3.63, 3.8) is 0 Å². The van der Waals surface area contributed by atoms with Crippen molar-refractivity contribution in [2.24, 2.45) is 0 Å². The van der Waals surface area contributed by atoms with E-state index in [1.807, 2.05) is 28.5 Å². The summed E-state index contributed by atoms with van der Waals surface area (Å²) in [6.45, 7) is 2.96. The van der Waals surface area contributed by atoms with Crippen molar-refractivity contribution in [3.8, 4) is 0 Å². The zero-order chi connectivity index (χ0) is 17.5. The van der Waals surface area contributed by atoms with Gasteiger partial charge in [0, 0.05) is 56.8 Å². The number of amides is 2. The Kier molecular flexibility index (Phi) is 5.95. The first-order valence-corrected chi connectivity index (χ1v) is 9.23. The summed E-state index contributed by atoms with van der Waals surface area (Å²) in [5.41, 5.74) is 0. The van der Waals surface area contributed by atoms with Crippen LogP contribution < -0.4 is 10.2 Å². The number of anilines is 2. The molecule has 2 aromatic rings. The Morgan fingerprint density at radius 2 is 1.92 bits per heavy atom. The predicted molar refractivity (Wildman–Crippen MR) is 97.6 cm³/mol. The fourth-order valence-corrected chi connectivity index (χ4v) is 3.30. The molecule has 0 unspecified atom stereocenters. The van der Waals surface area contributed by atoms with Crippen molar-refractivity contribution in [1.82, 2.24) is 14.9 Å². The van der Waals surface area contributed by atoms with Crippen LogP contribution in [0.15, 0.2) is 36.0 Å². The van der Waals surface area contributed by atoms with E-state index in [2.05, 4.69) is 20.2 Å². The second-order valence-electron chi connectivity index (χ2n) is 5.79. The molecule has 2 amide bonds. The van der Waals surface area contributed by atoms with Crippen molar-refractivity contribution >= 4 is 34.1 Å². The Labute approximate surface area is 150 Å². The lowest BCUT2D eigenvalue weighted by Gasteiger charge is -2.35. The highest BCUT2D eigenvalue weighted by molar-refractivity contribution is 7.13. The Morgan fingerprint density at radius 1 is 1.08 bits per heavy atom. The highest BCUT2D eigenvalue weighted by Crippen LogP contribution is 2.14. The molecule has 1 fully saturated rings. The normalized spacial score (nSPS) is 14.4.